The average Bonchev–Trinajstić information content (AvgIpc) is 2.37. The van der Waals surface area contributed by atoms with E-state index in [0.717, 1.165) is 0 Å². The van der Waals surface area contributed by atoms with Crippen LogP contribution in [0.1, 0.15) is 13.0 Å². The number of rotatable bonds is 1. The quantitative estimate of drug-likeness (QED) is 0.549. The summed E-state index contributed by atoms with van der Waals surface area (Å²) in [6.45, 7) is 1.78. The summed E-state index contributed by atoms with van der Waals surface area (Å²) < 4.78 is 1.56. The van der Waals surface area contributed by atoms with Crippen LogP contribution in [-0.2, 0) is 0 Å². The summed E-state index contributed by atoms with van der Waals surface area (Å²) >= 11 is 0. The first-order valence-electron chi connectivity index (χ1n) is 2.64. The fraction of sp³-hybridized carbons (Fsp3) is 0.333. The molecule has 0 aliphatic heterocycles. The van der Waals surface area contributed by atoms with Crippen molar-refractivity contribution in [3.63, 3.8) is 0 Å². The highest BCUT2D eigenvalue weighted by atomic mass is 15.3. The van der Waals surface area contributed by atoms with Gasteiger partial charge in [-0.25, -0.2) is 0 Å². The molecule has 45 valence electrons. The molecule has 1 aromatic heterocycles. The van der Waals surface area contributed by atoms with E-state index in [0.29, 0.717) is 0 Å². The first-order valence-corrected chi connectivity index (χ1v) is 2.64. The Morgan fingerprint density at radius 3 is 3.11 bits per heavy atom. The van der Waals surface area contributed by atoms with Crippen molar-refractivity contribution < 1.29 is 0 Å². The number of aromatic nitrogens is 2. The highest BCUT2D eigenvalue weighted by molar-refractivity contribution is 4.87. The molecule has 1 unspecified atom stereocenters. The summed E-state index contributed by atoms with van der Waals surface area (Å²) in [6, 6.07) is 4.61. The van der Waals surface area contributed by atoms with Gasteiger partial charge in [-0.2, -0.15) is 10.4 Å². The van der Waals surface area contributed by atoms with Crippen LogP contribution in [0.4, 0.5) is 0 Å². The molecule has 0 fully saturated rings. The standard InChI is InChI=1S/C6H6N3/c1-6(5-7)9-4-2-3-8-9/h3-4,6H,1H3. The summed E-state index contributed by atoms with van der Waals surface area (Å²) in [5.74, 6) is 0. The third-order valence-corrected chi connectivity index (χ3v) is 1.06. The first-order chi connectivity index (χ1) is 4.34. The molecule has 3 nitrogen and oxygen atoms in total. The van der Waals surface area contributed by atoms with E-state index < -0.39 is 0 Å². The fourth-order valence-electron chi connectivity index (χ4n) is 0.514. The molecule has 0 N–H and O–H groups in total. The van der Waals surface area contributed by atoms with Crippen LogP contribution in [0.2, 0.25) is 0 Å². The van der Waals surface area contributed by atoms with Crippen LogP contribution in [0.3, 0.4) is 0 Å². The Morgan fingerprint density at radius 1 is 1.89 bits per heavy atom. The van der Waals surface area contributed by atoms with Gasteiger partial charge in [0.1, 0.15) is 6.04 Å². The third-order valence-electron chi connectivity index (χ3n) is 1.06. The van der Waals surface area contributed by atoms with Gasteiger partial charge in [0.25, 0.3) is 0 Å². The first kappa shape index (κ1) is 5.83. The van der Waals surface area contributed by atoms with E-state index in [1.54, 1.807) is 17.8 Å². The van der Waals surface area contributed by atoms with Gasteiger partial charge in [0.05, 0.1) is 12.3 Å². The van der Waals surface area contributed by atoms with E-state index in [1.807, 2.05) is 6.07 Å². The monoisotopic (exact) mass is 120 g/mol. The topological polar surface area (TPSA) is 41.6 Å². The second-order valence-electron chi connectivity index (χ2n) is 1.73. The molecule has 1 atom stereocenters. The Kier molecular flexibility index (Phi) is 1.50. The lowest BCUT2D eigenvalue weighted by Gasteiger charge is -1.98. The van der Waals surface area contributed by atoms with Gasteiger partial charge in [0.2, 0.25) is 0 Å². The van der Waals surface area contributed by atoms with Crippen molar-refractivity contribution in [1.82, 2.24) is 9.78 Å². The van der Waals surface area contributed by atoms with Crippen LogP contribution in [0.15, 0.2) is 12.4 Å². The van der Waals surface area contributed by atoms with E-state index in [4.69, 9.17) is 5.26 Å². The molecule has 0 aliphatic rings. The molecule has 0 saturated carbocycles. The van der Waals surface area contributed by atoms with Crippen molar-refractivity contribution in [2.24, 2.45) is 0 Å². The van der Waals surface area contributed by atoms with Gasteiger partial charge in [0.15, 0.2) is 0 Å². The Bertz CT molecular complexity index is 207. The molecular formula is C6H6N3. The normalized spacial score (nSPS) is 12.4. The molecule has 9 heavy (non-hydrogen) atoms. The summed E-state index contributed by atoms with van der Waals surface area (Å²) in [6.07, 6.45) is 3.18. The SMILES string of the molecule is CC(C#N)n1c[c]cn1. The smallest absolute Gasteiger partial charge is 0.135 e. The second-order valence-corrected chi connectivity index (χ2v) is 1.73. The van der Waals surface area contributed by atoms with Crippen LogP contribution in [0.5, 0.6) is 0 Å². The molecule has 0 spiro atoms. The third kappa shape index (κ3) is 1.08. The zero-order valence-electron chi connectivity index (χ0n) is 5.07. The van der Waals surface area contributed by atoms with E-state index in [1.165, 1.54) is 6.20 Å². The molecular weight excluding hydrogens is 114 g/mol. The van der Waals surface area contributed by atoms with Crippen LogP contribution in [-0.4, -0.2) is 9.78 Å². The Morgan fingerprint density at radius 2 is 2.67 bits per heavy atom. The predicted octanol–water partition coefficient (Wildman–Crippen LogP) is 0.768. The molecule has 0 aromatic carbocycles. The van der Waals surface area contributed by atoms with Crippen LogP contribution in [0.25, 0.3) is 0 Å². The van der Waals surface area contributed by atoms with Crippen LogP contribution >= 0.6 is 0 Å². The van der Waals surface area contributed by atoms with E-state index in [2.05, 4.69) is 11.2 Å². The predicted molar refractivity (Wildman–Crippen MR) is 31.4 cm³/mol. The number of hydrogen-bond acceptors (Lipinski definition) is 2. The van der Waals surface area contributed by atoms with Gasteiger partial charge in [-0.1, -0.05) is 0 Å². The Balaban J connectivity index is 2.80. The van der Waals surface area contributed by atoms with Gasteiger partial charge in [-0.15, -0.1) is 0 Å². The average molecular weight is 120 g/mol. The summed E-state index contributed by atoms with van der Waals surface area (Å²) in [5, 5.41) is 12.2. The lowest BCUT2D eigenvalue weighted by Crippen LogP contribution is -2.01. The van der Waals surface area contributed by atoms with Gasteiger partial charge in [0, 0.05) is 12.3 Å². The molecule has 0 aliphatic carbocycles. The van der Waals surface area contributed by atoms with Crippen molar-refractivity contribution in [3.05, 3.63) is 18.5 Å². The second kappa shape index (κ2) is 2.31. The number of nitrogens with zero attached hydrogens (tertiary/aromatic N) is 3. The number of hydrogen-bond donors (Lipinski definition) is 0. The summed E-state index contributed by atoms with van der Waals surface area (Å²) in [4.78, 5) is 0. The van der Waals surface area contributed by atoms with E-state index >= 15 is 0 Å². The maximum Gasteiger partial charge on any atom is 0.135 e. The molecule has 1 radical (unpaired) electrons. The molecule has 3 heteroatoms. The minimum Gasteiger partial charge on any atom is -0.255 e. The minimum atomic E-state index is -0.184. The Labute approximate surface area is 53.5 Å². The maximum absolute atomic E-state index is 8.38. The van der Waals surface area contributed by atoms with Crippen molar-refractivity contribution in [2.75, 3.05) is 0 Å². The van der Waals surface area contributed by atoms with Gasteiger partial charge in [-0.05, 0) is 6.92 Å². The molecule has 0 amide bonds. The molecule has 1 aromatic rings. The van der Waals surface area contributed by atoms with Crippen molar-refractivity contribution in [2.45, 2.75) is 13.0 Å². The molecule has 0 saturated heterocycles. The molecule has 1 rings (SSSR count). The fourth-order valence-corrected chi connectivity index (χ4v) is 0.514. The molecule has 1 heterocycles. The highest BCUT2D eigenvalue weighted by Crippen LogP contribution is 1.98. The van der Waals surface area contributed by atoms with Gasteiger partial charge >= 0.3 is 0 Å². The number of nitriles is 1. The largest absolute Gasteiger partial charge is 0.255 e. The zero-order chi connectivity index (χ0) is 6.69. The maximum atomic E-state index is 8.38. The van der Waals surface area contributed by atoms with Crippen molar-refractivity contribution in [3.8, 4) is 6.07 Å². The lowest BCUT2D eigenvalue weighted by molar-refractivity contribution is 0.591. The minimum absolute atomic E-state index is 0.184. The summed E-state index contributed by atoms with van der Waals surface area (Å²) in [5.41, 5.74) is 0. The van der Waals surface area contributed by atoms with Gasteiger partial charge in [-0.3, -0.25) is 4.68 Å². The van der Waals surface area contributed by atoms with E-state index in [9.17, 15) is 0 Å². The Hall–Kier alpha value is -1.30. The highest BCUT2D eigenvalue weighted by Gasteiger charge is 1.98. The van der Waals surface area contributed by atoms with E-state index in [-0.39, 0.29) is 6.04 Å². The van der Waals surface area contributed by atoms with Gasteiger partial charge < -0.3 is 0 Å². The zero-order valence-corrected chi connectivity index (χ0v) is 5.07. The summed E-state index contributed by atoms with van der Waals surface area (Å²) in [7, 11) is 0. The van der Waals surface area contributed by atoms with Crippen LogP contribution in [0, 0.1) is 17.4 Å². The van der Waals surface area contributed by atoms with Crippen molar-refractivity contribution in [1.29, 1.82) is 5.26 Å². The van der Waals surface area contributed by atoms with Crippen LogP contribution < -0.4 is 0 Å². The van der Waals surface area contributed by atoms with Crippen molar-refractivity contribution >= 4 is 0 Å². The lowest BCUT2D eigenvalue weighted by atomic mass is 10.4. The molecule has 0 bridgehead atoms.